The van der Waals surface area contributed by atoms with Gasteiger partial charge >= 0.3 is 0 Å². The van der Waals surface area contributed by atoms with E-state index in [1.54, 1.807) is 0 Å². The van der Waals surface area contributed by atoms with Crippen LogP contribution in [0.4, 0.5) is 11.4 Å². The molecule has 7 rings (SSSR count). The fourth-order valence-corrected chi connectivity index (χ4v) is 5.78. The highest BCUT2D eigenvalue weighted by Crippen LogP contribution is 2.43. The molecule has 0 radical (unpaired) electrons. The number of aliphatic imine (C=N–C) groups is 1. The van der Waals surface area contributed by atoms with Crippen molar-refractivity contribution in [3.8, 4) is 5.69 Å². The molecule has 1 aliphatic heterocycles. The Morgan fingerprint density at radius 3 is 2.19 bits per heavy atom. The van der Waals surface area contributed by atoms with E-state index in [1.807, 2.05) is 12.1 Å². The van der Waals surface area contributed by atoms with Crippen molar-refractivity contribution in [3.63, 3.8) is 0 Å². The van der Waals surface area contributed by atoms with Crippen molar-refractivity contribution in [2.24, 2.45) is 4.99 Å². The molecule has 0 saturated heterocycles. The van der Waals surface area contributed by atoms with E-state index in [4.69, 9.17) is 16.6 Å². The summed E-state index contributed by atoms with van der Waals surface area (Å²) in [6, 6.07) is 42.3. The molecular weight excluding hydrogens is 474 g/mol. The van der Waals surface area contributed by atoms with Crippen LogP contribution in [0.5, 0.6) is 0 Å². The first-order chi connectivity index (χ1) is 18.2. The minimum absolute atomic E-state index is 0.000977. The summed E-state index contributed by atoms with van der Waals surface area (Å²) in [6.07, 6.45) is 0. The first-order valence-corrected chi connectivity index (χ1v) is 12.8. The molecule has 1 unspecified atom stereocenters. The van der Waals surface area contributed by atoms with Gasteiger partial charge in [-0.2, -0.15) is 0 Å². The lowest BCUT2D eigenvalue weighted by Crippen LogP contribution is -2.34. The lowest BCUT2D eigenvalue weighted by molar-refractivity contribution is 0.835. The maximum atomic E-state index is 6.47. The van der Waals surface area contributed by atoms with Crippen molar-refractivity contribution in [2.75, 3.05) is 11.9 Å². The highest BCUT2D eigenvalue weighted by Gasteiger charge is 2.30. The molecule has 0 saturated carbocycles. The van der Waals surface area contributed by atoms with E-state index in [0.29, 0.717) is 0 Å². The number of hydrogen-bond donors (Lipinski definition) is 0. The monoisotopic (exact) mass is 497 g/mol. The lowest BCUT2D eigenvalue weighted by atomic mass is 9.93. The Balaban J connectivity index is 1.46. The van der Waals surface area contributed by atoms with E-state index in [0.717, 1.165) is 44.4 Å². The fourth-order valence-electron chi connectivity index (χ4n) is 5.61. The Morgan fingerprint density at radius 2 is 1.38 bits per heavy atom. The van der Waals surface area contributed by atoms with Gasteiger partial charge in [0.05, 0.1) is 34.2 Å². The first kappa shape index (κ1) is 21.9. The molecule has 3 nitrogen and oxygen atoms in total. The molecule has 6 aromatic rings. The Hall–Kier alpha value is -4.34. The number of aromatic nitrogens is 1. The number of benzene rings is 5. The van der Waals surface area contributed by atoms with Crippen LogP contribution in [-0.4, -0.2) is 17.3 Å². The average Bonchev–Trinajstić information content (AvgIpc) is 3.27. The first-order valence-electron chi connectivity index (χ1n) is 12.4. The van der Waals surface area contributed by atoms with Crippen LogP contribution >= 0.6 is 11.6 Å². The van der Waals surface area contributed by atoms with Gasteiger partial charge in [-0.05, 0) is 47.5 Å². The topological polar surface area (TPSA) is 20.5 Å². The third kappa shape index (κ3) is 3.54. The summed E-state index contributed by atoms with van der Waals surface area (Å²) in [5.74, 6) is 0. The van der Waals surface area contributed by atoms with Crippen LogP contribution in [0.15, 0.2) is 126 Å². The average molecular weight is 498 g/mol. The van der Waals surface area contributed by atoms with E-state index < -0.39 is 0 Å². The summed E-state index contributed by atoms with van der Waals surface area (Å²) < 4.78 is 2.30. The molecular formula is C33H24ClN3. The summed E-state index contributed by atoms with van der Waals surface area (Å²) in [7, 11) is 2.17. The molecule has 4 heteroatoms. The van der Waals surface area contributed by atoms with Crippen LogP contribution < -0.4 is 4.90 Å². The zero-order valence-electron chi connectivity index (χ0n) is 20.3. The van der Waals surface area contributed by atoms with Crippen LogP contribution in [0.25, 0.3) is 27.5 Å². The molecule has 0 amide bonds. The maximum absolute atomic E-state index is 6.47. The quantitative estimate of drug-likeness (QED) is 0.239. The molecule has 1 atom stereocenters. The maximum Gasteiger partial charge on any atom is 0.0970 e. The summed E-state index contributed by atoms with van der Waals surface area (Å²) in [5, 5.41) is 3.14. The third-order valence-electron chi connectivity index (χ3n) is 7.31. The Bertz CT molecular complexity index is 1800. The molecule has 178 valence electrons. The minimum Gasteiger partial charge on any atom is -0.360 e. The van der Waals surface area contributed by atoms with Crippen molar-refractivity contribution in [2.45, 2.75) is 6.04 Å². The number of fused-ring (bicyclic) bond motifs is 4. The number of anilines is 1. The molecule has 1 aromatic heterocycles. The van der Waals surface area contributed by atoms with Gasteiger partial charge in [0.1, 0.15) is 0 Å². The summed E-state index contributed by atoms with van der Waals surface area (Å²) in [4.78, 5) is 7.58. The van der Waals surface area contributed by atoms with E-state index >= 15 is 0 Å². The van der Waals surface area contributed by atoms with Crippen LogP contribution in [0, 0.1) is 0 Å². The predicted molar refractivity (Wildman–Crippen MR) is 156 cm³/mol. The second-order valence-corrected chi connectivity index (χ2v) is 9.91. The van der Waals surface area contributed by atoms with Crippen molar-refractivity contribution in [1.29, 1.82) is 0 Å². The molecule has 1 aliphatic rings. The minimum atomic E-state index is -0.000977. The number of rotatable bonds is 3. The van der Waals surface area contributed by atoms with Crippen molar-refractivity contribution < 1.29 is 0 Å². The predicted octanol–water partition coefficient (Wildman–Crippen LogP) is 8.75. The van der Waals surface area contributed by atoms with Crippen LogP contribution in [0.2, 0.25) is 5.02 Å². The zero-order valence-corrected chi connectivity index (χ0v) is 21.1. The summed E-state index contributed by atoms with van der Waals surface area (Å²) in [6.45, 7) is 0. The lowest BCUT2D eigenvalue weighted by Gasteiger charge is -2.36. The van der Waals surface area contributed by atoms with Gasteiger partial charge in [0.2, 0.25) is 0 Å². The van der Waals surface area contributed by atoms with Gasteiger partial charge in [0.15, 0.2) is 0 Å². The summed E-state index contributed by atoms with van der Waals surface area (Å²) >= 11 is 6.47. The van der Waals surface area contributed by atoms with Gasteiger partial charge in [-0.1, -0.05) is 96.5 Å². The molecule has 5 aromatic carbocycles. The molecule has 2 heterocycles. The molecule has 0 spiro atoms. The van der Waals surface area contributed by atoms with Crippen molar-refractivity contribution in [3.05, 3.63) is 137 Å². The Labute approximate surface area is 220 Å². The molecule has 0 fully saturated rings. The van der Waals surface area contributed by atoms with Gasteiger partial charge in [0, 0.05) is 28.5 Å². The number of hydrogen-bond acceptors (Lipinski definition) is 2. The van der Waals surface area contributed by atoms with Crippen molar-refractivity contribution >= 4 is 50.5 Å². The van der Waals surface area contributed by atoms with Gasteiger partial charge in [-0.25, -0.2) is 4.99 Å². The standard InChI is InChI=1S/C33H24ClN3/c1-36-31-21-25(37-29-15-9-8-14-26(29)27-18-16-24(34)20-30(27)37)17-19-28(31)35-32(22-10-4-2-5-11-22)33(36)23-12-6-3-7-13-23/h2-21,33H,1H3. The third-order valence-corrected chi connectivity index (χ3v) is 7.54. The second kappa shape index (κ2) is 8.65. The van der Waals surface area contributed by atoms with E-state index in [2.05, 4.69) is 126 Å². The highest BCUT2D eigenvalue weighted by molar-refractivity contribution is 6.31. The van der Waals surface area contributed by atoms with Gasteiger partial charge in [0.25, 0.3) is 0 Å². The molecule has 37 heavy (non-hydrogen) atoms. The Kier molecular flexibility index (Phi) is 5.12. The zero-order chi connectivity index (χ0) is 24.9. The van der Waals surface area contributed by atoms with E-state index in [9.17, 15) is 0 Å². The fraction of sp³-hybridized carbons (Fsp3) is 0.0606. The van der Waals surface area contributed by atoms with Crippen LogP contribution in [0.1, 0.15) is 17.2 Å². The summed E-state index contributed by atoms with van der Waals surface area (Å²) in [5.41, 5.74) is 8.81. The normalized spacial score (nSPS) is 15.1. The highest BCUT2D eigenvalue weighted by atomic mass is 35.5. The van der Waals surface area contributed by atoms with Crippen LogP contribution in [0.3, 0.4) is 0 Å². The second-order valence-electron chi connectivity index (χ2n) is 9.47. The SMILES string of the molecule is CN1c2cc(-n3c4ccccc4c4ccc(Cl)cc43)ccc2N=C(c2ccccc2)C1c1ccccc1. The molecule has 0 bridgehead atoms. The van der Waals surface area contributed by atoms with Crippen LogP contribution in [-0.2, 0) is 0 Å². The number of para-hydroxylation sites is 1. The number of likely N-dealkylation sites (N-methyl/N-ethyl adjacent to an activating group) is 1. The smallest absolute Gasteiger partial charge is 0.0970 e. The van der Waals surface area contributed by atoms with E-state index in [-0.39, 0.29) is 6.04 Å². The van der Waals surface area contributed by atoms with Gasteiger partial charge in [-0.3, -0.25) is 0 Å². The van der Waals surface area contributed by atoms with Crippen molar-refractivity contribution in [1.82, 2.24) is 4.57 Å². The van der Waals surface area contributed by atoms with Gasteiger partial charge < -0.3 is 9.47 Å². The Morgan fingerprint density at radius 1 is 0.676 bits per heavy atom. The molecule has 0 N–H and O–H groups in total. The number of nitrogens with zero attached hydrogens (tertiary/aromatic N) is 3. The van der Waals surface area contributed by atoms with Gasteiger partial charge in [-0.15, -0.1) is 0 Å². The number of halogens is 1. The largest absolute Gasteiger partial charge is 0.360 e. The van der Waals surface area contributed by atoms with E-state index in [1.165, 1.54) is 16.3 Å². The molecule has 0 aliphatic carbocycles.